The maximum Gasteiger partial charge on any atom is 0.152 e. The molecule has 0 amide bonds. The number of rotatable bonds is 1. The van der Waals surface area contributed by atoms with Crippen molar-refractivity contribution in [1.82, 2.24) is 9.55 Å². The third-order valence-corrected chi connectivity index (χ3v) is 2.43. The van der Waals surface area contributed by atoms with Gasteiger partial charge in [0.2, 0.25) is 0 Å². The molecular formula is C9H6BrClN2. The molecule has 0 fully saturated rings. The van der Waals surface area contributed by atoms with E-state index < -0.39 is 0 Å². The zero-order chi connectivity index (χ0) is 9.26. The van der Waals surface area contributed by atoms with E-state index >= 15 is 0 Å². The van der Waals surface area contributed by atoms with E-state index in [9.17, 15) is 0 Å². The van der Waals surface area contributed by atoms with Crippen LogP contribution in [-0.2, 0) is 0 Å². The summed E-state index contributed by atoms with van der Waals surface area (Å²) in [5.41, 5.74) is 0.884. The molecule has 0 aliphatic heterocycles. The Balaban J connectivity index is 2.52. The van der Waals surface area contributed by atoms with Gasteiger partial charge in [0.15, 0.2) is 5.15 Å². The molecule has 13 heavy (non-hydrogen) atoms. The van der Waals surface area contributed by atoms with Gasteiger partial charge in [0.25, 0.3) is 0 Å². The summed E-state index contributed by atoms with van der Waals surface area (Å²) in [6.45, 7) is 0. The van der Waals surface area contributed by atoms with Crippen molar-refractivity contribution in [1.29, 1.82) is 0 Å². The second kappa shape index (κ2) is 3.52. The van der Waals surface area contributed by atoms with E-state index in [0.29, 0.717) is 5.15 Å². The number of hydrogen-bond donors (Lipinski definition) is 0. The predicted molar refractivity (Wildman–Crippen MR) is 56.3 cm³/mol. The topological polar surface area (TPSA) is 17.8 Å². The van der Waals surface area contributed by atoms with Crippen molar-refractivity contribution in [2.75, 3.05) is 0 Å². The smallest absolute Gasteiger partial charge is 0.152 e. The maximum atomic E-state index is 5.92. The normalized spacial score (nSPS) is 10.3. The van der Waals surface area contributed by atoms with Crippen LogP contribution in [0.3, 0.4) is 0 Å². The van der Waals surface area contributed by atoms with E-state index in [1.54, 1.807) is 6.20 Å². The monoisotopic (exact) mass is 256 g/mol. The van der Waals surface area contributed by atoms with Crippen LogP contribution in [0.15, 0.2) is 41.3 Å². The fraction of sp³-hybridized carbons (Fsp3) is 0. The van der Waals surface area contributed by atoms with Gasteiger partial charge < -0.3 is 4.57 Å². The number of nitrogens with zero attached hydrogens (tertiary/aromatic N) is 2. The number of halogens is 2. The van der Waals surface area contributed by atoms with Gasteiger partial charge in [0.05, 0.1) is 5.69 Å². The summed E-state index contributed by atoms with van der Waals surface area (Å²) >= 11 is 9.29. The molecule has 66 valence electrons. The van der Waals surface area contributed by atoms with Gasteiger partial charge in [-0.15, -0.1) is 0 Å². The summed E-state index contributed by atoms with van der Waals surface area (Å²) in [6, 6.07) is 5.72. The van der Waals surface area contributed by atoms with Crippen molar-refractivity contribution in [3.63, 3.8) is 0 Å². The Morgan fingerprint density at radius 2 is 2.23 bits per heavy atom. The zero-order valence-electron chi connectivity index (χ0n) is 6.61. The lowest BCUT2D eigenvalue weighted by Crippen LogP contribution is -1.91. The van der Waals surface area contributed by atoms with Crippen LogP contribution >= 0.6 is 27.5 Å². The summed E-state index contributed by atoms with van der Waals surface area (Å²) in [4.78, 5) is 3.99. The van der Waals surface area contributed by atoms with E-state index in [1.165, 1.54) is 0 Å². The molecule has 0 aliphatic carbocycles. The Labute approximate surface area is 89.3 Å². The molecule has 4 heteroatoms. The molecule has 0 N–H and O–H groups in total. The van der Waals surface area contributed by atoms with Crippen molar-refractivity contribution in [3.8, 4) is 5.69 Å². The highest BCUT2D eigenvalue weighted by molar-refractivity contribution is 9.10. The van der Waals surface area contributed by atoms with Crippen LogP contribution in [0.2, 0.25) is 5.15 Å². The van der Waals surface area contributed by atoms with E-state index in [4.69, 9.17) is 11.6 Å². The Hall–Kier alpha value is -0.800. The molecular weight excluding hydrogens is 251 g/mol. The van der Waals surface area contributed by atoms with Gasteiger partial charge in [-0.1, -0.05) is 11.6 Å². The number of hydrogen-bond acceptors (Lipinski definition) is 1. The molecule has 0 aliphatic rings. The molecule has 0 bridgehead atoms. The van der Waals surface area contributed by atoms with Crippen molar-refractivity contribution in [2.45, 2.75) is 0 Å². The highest BCUT2D eigenvalue weighted by atomic mass is 79.9. The lowest BCUT2D eigenvalue weighted by atomic mass is 10.4. The first-order chi connectivity index (χ1) is 6.27. The summed E-state index contributed by atoms with van der Waals surface area (Å²) in [6.07, 6.45) is 5.53. The largest absolute Gasteiger partial charge is 0.320 e. The molecule has 2 nitrogen and oxygen atoms in total. The molecule has 0 atom stereocenters. The Kier molecular flexibility index (Phi) is 2.38. The van der Waals surface area contributed by atoms with Crippen molar-refractivity contribution in [3.05, 3.63) is 46.4 Å². The quantitative estimate of drug-likeness (QED) is 0.717. The lowest BCUT2D eigenvalue weighted by Gasteiger charge is -2.02. The Bertz CT molecular complexity index is 425. The standard InChI is InChI=1S/C9H6BrClN2/c10-7-3-5-13(6-7)8-2-1-4-12-9(8)11/h1-6H. The minimum atomic E-state index is 0.505. The second-order valence-corrected chi connectivity index (χ2v) is 3.82. The van der Waals surface area contributed by atoms with Crippen LogP contribution in [0, 0.1) is 0 Å². The van der Waals surface area contributed by atoms with Gasteiger partial charge in [-0.05, 0) is 34.1 Å². The summed E-state index contributed by atoms with van der Waals surface area (Å²) in [5.74, 6) is 0. The minimum absolute atomic E-state index is 0.505. The van der Waals surface area contributed by atoms with Gasteiger partial charge in [-0.3, -0.25) is 0 Å². The van der Waals surface area contributed by atoms with Crippen molar-refractivity contribution in [2.24, 2.45) is 0 Å². The van der Waals surface area contributed by atoms with Crippen molar-refractivity contribution < 1.29 is 0 Å². The fourth-order valence-corrected chi connectivity index (χ4v) is 1.65. The SMILES string of the molecule is Clc1ncccc1-n1ccc(Br)c1. The third kappa shape index (κ3) is 1.76. The molecule has 0 saturated heterocycles. The first-order valence-electron chi connectivity index (χ1n) is 3.72. The highest BCUT2D eigenvalue weighted by Gasteiger charge is 2.01. The van der Waals surface area contributed by atoms with E-state index in [1.807, 2.05) is 35.2 Å². The van der Waals surface area contributed by atoms with Crippen LogP contribution in [0.25, 0.3) is 5.69 Å². The minimum Gasteiger partial charge on any atom is -0.320 e. The zero-order valence-corrected chi connectivity index (χ0v) is 8.96. The van der Waals surface area contributed by atoms with Crippen molar-refractivity contribution >= 4 is 27.5 Å². The molecule has 0 unspecified atom stereocenters. The number of pyridine rings is 1. The summed E-state index contributed by atoms with van der Waals surface area (Å²) in [5, 5.41) is 0.505. The molecule has 0 saturated carbocycles. The van der Waals surface area contributed by atoms with Crippen LogP contribution in [0.1, 0.15) is 0 Å². The molecule has 2 aromatic heterocycles. The van der Waals surface area contributed by atoms with E-state index in [-0.39, 0.29) is 0 Å². The average molecular weight is 258 g/mol. The summed E-state index contributed by atoms with van der Waals surface area (Å²) in [7, 11) is 0. The molecule has 0 spiro atoms. The summed E-state index contributed by atoms with van der Waals surface area (Å²) < 4.78 is 2.94. The molecule has 2 rings (SSSR count). The van der Waals surface area contributed by atoms with Gasteiger partial charge in [-0.2, -0.15) is 0 Å². The lowest BCUT2D eigenvalue weighted by molar-refractivity contribution is 1.06. The molecule has 0 radical (unpaired) electrons. The Morgan fingerprint density at radius 3 is 2.85 bits per heavy atom. The van der Waals surface area contributed by atoms with E-state index in [0.717, 1.165) is 10.2 Å². The van der Waals surface area contributed by atoms with Crippen LogP contribution < -0.4 is 0 Å². The molecule has 2 heterocycles. The van der Waals surface area contributed by atoms with E-state index in [2.05, 4.69) is 20.9 Å². The van der Waals surface area contributed by atoms with Crippen LogP contribution in [-0.4, -0.2) is 9.55 Å². The van der Waals surface area contributed by atoms with Gasteiger partial charge >= 0.3 is 0 Å². The van der Waals surface area contributed by atoms with Crippen LogP contribution in [0.5, 0.6) is 0 Å². The maximum absolute atomic E-state index is 5.92. The third-order valence-electron chi connectivity index (χ3n) is 1.67. The second-order valence-electron chi connectivity index (χ2n) is 2.55. The molecule has 2 aromatic rings. The fourth-order valence-electron chi connectivity index (χ4n) is 1.09. The van der Waals surface area contributed by atoms with Gasteiger partial charge in [-0.25, -0.2) is 4.98 Å². The number of aromatic nitrogens is 2. The average Bonchev–Trinajstić information content (AvgIpc) is 2.53. The first kappa shape index (κ1) is 8.78. The van der Waals surface area contributed by atoms with Gasteiger partial charge in [0, 0.05) is 23.1 Å². The highest BCUT2D eigenvalue weighted by Crippen LogP contribution is 2.19. The van der Waals surface area contributed by atoms with Crippen LogP contribution in [0.4, 0.5) is 0 Å². The molecule has 0 aromatic carbocycles. The predicted octanol–water partition coefficient (Wildman–Crippen LogP) is 3.29. The first-order valence-corrected chi connectivity index (χ1v) is 4.89. The Morgan fingerprint density at radius 1 is 1.38 bits per heavy atom. The van der Waals surface area contributed by atoms with Gasteiger partial charge in [0.1, 0.15) is 0 Å².